The molecule has 0 amide bonds. The van der Waals surface area contributed by atoms with E-state index in [0.29, 0.717) is 0 Å². The first kappa shape index (κ1) is 7.92. The van der Waals surface area contributed by atoms with Crippen LogP contribution >= 0.6 is 0 Å². The molecule has 0 radical (unpaired) electrons. The van der Waals surface area contributed by atoms with Gasteiger partial charge in [0.15, 0.2) is 0 Å². The summed E-state index contributed by atoms with van der Waals surface area (Å²) in [6.45, 7) is 3.25. The Morgan fingerprint density at radius 2 is 1.90 bits per heavy atom. The van der Waals surface area contributed by atoms with Gasteiger partial charge in [0.05, 0.1) is 5.54 Å². The number of hydrogen-bond donors (Lipinski definition) is 1. The van der Waals surface area contributed by atoms with Gasteiger partial charge in [0, 0.05) is 0 Å². The molecule has 0 aliphatic heterocycles. The van der Waals surface area contributed by atoms with Gasteiger partial charge in [0.2, 0.25) is 0 Å². The first-order chi connectivity index (χ1) is 4.40. The fraction of sp³-hybridized carbons (Fsp3) is 1.00. The molecule has 1 fully saturated rings. The molecule has 1 atom stereocenters. The molecule has 60 valence electrons. The molecule has 1 aliphatic carbocycles. The molecule has 0 saturated heterocycles. The zero-order valence-electron chi connectivity index (χ0n) is 6.32. The average molecular weight is 149 g/mol. The molecule has 1 saturated carbocycles. The second-order valence-electron chi connectivity index (χ2n) is 3.64. The number of hydrogen-bond acceptors (Lipinski definition) is 1. The van der Waals surface area contributed by atoms with Crippen molar-refractivity contribution in [3.63, 3.8) is 0 Å². The molecule has 1 nitrogen and oxygen atoms in total. The summed E-state index contributed by atoms with van der Waals surface area (Å²) < 4.78 is 24.4. The summed E-state index contributed by atoms with van der Waals surface area (Å²) in [6, 6.07) is 0. The Hall–Kier alpha value is -0.180. The summed E-state index contributed by atoms with van der Waals surface area (Å²) in [4.78, 5) is 0. The van der Waals surface area contributed by atoms with Crippen LogP contribution in [0.4, 0.5) is 8.78 Å². The molecule has 3 heteroatoms. The van der Waals surface area contributed by atoms with Crippen LogP contribution < -0.4 is 5.73 Å². The first-order valence-electron chi connectivity index (χ1n) is 3.47. The predicted molar refractivity (Wildman–Crippen MR) is 35.9 cm³/mol. The van der Waals surface area contributed by atoms with Gasteiger partial charge in [-0.2, -0.15) is 0 Å². The topological polar surface area (TPSA) is 26.0 Å². The van der Waals surface area contributed by atoms with Crippen molar-refractivity contribution < 1.29 is 8.78 Å². The van der Waals surface area contributed by atoms with Crippen LogP contribution in [0.3, 0.4) is 0 Å². The van der Waals surface area contributed by atoms with E-state index in [-0.39, 0.29) is 5.41 Å². The highest BCUT2D eigenvalue weighted by atomic mass is 19.3. The minimum atomic E-state index is -2.40. The second-order valence-corrected chi connectivity index (χ2v) is 3.64. The highest BCUT2D eigenvalue weighted by Crippen LogP contribution is 2.54. The van der Waals surface area contributed by atoms with Crippen LogP contribution in [0.1, 0.15) is 26.7 Å². The summed E-state index contributed by atoms with van der Waals surface area (Å²) in [7, 11) is 0. The van der Waals surface area contributed by atoms with E-state index in [2.05, 4.69) is 0 Å². The molecule has 1 rings (SSSR count). The molecule has 0 aromatic rings. The van der Waals surface area contributed by atoms with Gasteiger partial charge in [-0.1, -0.05) is 6.92 Å². The van der Waals surface area contributed by atoms with Crippen molar-refractivity contribution in [1.82, 2.24) is 0 Å². The lowest BCUT2D eigenvalue weighted by Crippen LogP contribution is -2.50. The Kier molecular flexibility index (Phi) is 1.51. The summed E-state index contributed by atoms with van der Waals surface area (Å²) >= 11 is 0. The van der Waals surface area contributed by atoms with Crippen molar-refractivity contribution in [3.05, 3.63) is 0 Å². The van der Waals surface area contributed by atoms with Crippen LogP contribution in [0.5, 0.6) is 0 Å². The molecule has 1 unspecified atom stereocenters. The van der Waals surface area contributed by atoms with E-state index in [1.54, 1.807) is 0 Å². The van der Waals surface area contributed by atoms with Gasteiger partial charge in [-0.25, -0.2) is 8.78 Å². The summed E-state index contributed by atoms with van der Waals surface area (Å²) in [5.74, 6) is 0. The minimum Gasteiger partial charge on any atom is -0.320 e. The second kappa shape index (κ2) is 1.91. The van der Waals surface area contributed by atoms with Crippen LogP contribution in [0, 0.1) is 5.41 Å². The number of rotatable bonds is 2. The van der Waals surface area contributed by atoms with Gasteiger partial charge in [-0.05, 0) is 25.2 Å². The predicted octanol–water partition coefficient (Wildman–Crippen LogP) is 1.77. The first-order valence-corrected chi connectivity index (χ1v) is 3.47. The third kappa shape index (κ3) is 0.926. The Balaban J connectivity index is 2.67. The highest BCUT2D eigenvalue weighted by molar-refractivity contribution is 5.07. The van der Waals surface area contributed by atoms with Crippen LogP contribution in [0.2, 0.25) is 0 Å². The fourth-order valence-corrected chi connectivity index (χ4v) is 0.990. The van der Waals surface area contributed by atoms with E-state index in [4.69, 9.17) is 5.73 Å². The van der Waals surface area contributed by atoms with Crippen LogP contribution in [-0.2, 0) is 0 Å². The Morgan fingerprint density at radius 3 is 2.00 bits per heavy atom. The van der Waals surface area contributed by atoms with Crippen LogP contribution in [-0.4, -0.2) is 12.0 Å². The Bertz CT molecular complexity index is 139. The van der Waals surface area contributed by atoms with Crippen molar-refractivity contribution >= 4 is 0 Å². The SMILES string of the molecule is CC1(C(C)(N)C(F)F)CC1. The molecule has 10 heavy (non-hydrogen) atoms. The summed E-state index contributed by atoms with van der Waals surface area (Å²) in [6.07, 6.45) is -0.728. The van der Waals surface area contributed by atoms with Crippen molar-refractivity contribution in [2.45, 2.75) is 38.7 Å². The average Bonchev–Trinajstić information content (AvgIpc) is 2.48. The third-order valence-corrected chi connectivity index (χ3v) is 2.75. The zero-order valence-corrected chi connectivity index (χ0v) is 6.32. The molecular formula is C7H13F2N. The summed E-state index contributed by atoms with van der Waals surface area (Å²) in [5.41, 5.74) is 3.86. The lowest BCUT2D eigenvalue weighted by atomic mass is 9.85. The molecular weight excluding hydrogens is 136 g/mol. The summed E-state index contributed by atoms with van der Waals surface area (Å²) in [5, 5.41) is 0. The number of halogens is 2. The van der Waals surface area contributed by atoms with E-state index in [9.17, 15) is 8.78 Å². The van der Waals surface area contributed by atoms with Crippen LogP contribution in [0.15, 0.2) is 0 Å². The van der Waals surface area contributed by atoms with E-state index in [1.807, 2.05) is 6.92 Å². The minimum absolute atomic E-state index is 0.304. The highest BCUT2D eigenvalue weighted by Gasteiger charge is 2.55. The lowest BCUT2D eigenvalue weighted by Gasteiger charge is -2.30. The van der Waals surface area contributed by atoms with Gasteiger partial charge >= 0.3 is 0 Å². The smallest absolute Gasteiger partial charge is 0.256 e. The maximum Gasteiger partial charge on any atom is 0.256 e. The maximum atomic E-state index is 12.2. The molecule has 1 aliphatic rings. The van der Waals surface area contributed by atoms with Gasteiger partial charge < -0.3 is 5.73 Å². The van der Waals surface area contributed by atoms with E-state index in [0.717, 1.165) is 12.8 Å². The lowest BCUT2D eigenvalue weighted by molar-refractivity contribution is 0.0248. The van der Waals surface area contributed by atoms with Gasteiger partial charge in [-0.15, -0.1) is 0 Å². The normalized spacial score (nSPS) is 28.2. The monoisotopic (exact) mass is 149 g/mol. The zero-order chi connectivity index (χ0) is 7.99. The largest absolute Gasteiger partial charge is 0.320 e. The molecule has 0 bridgehead atoms. The number of alkyl halides is 2. The Morgan fingerprint density at radius 1 is 1.50 bits per heavy atom. The molecule has 0 spiro atoms. The quantitative estimate of drug-likeness (QED) is 0.636. The third-order valence-electron chi connectivity index (χ3n) is 2.75. The molecule has 0 aromatic heterocycles. The number of nitrogens with two attached hydrogens (primary N) is 1. The van der Waals surface area contributed by atoms with Gasteiger partial charge in [0.25, 0.3) is 6.43 Å². The van der Waals surface area contributed by atoms with Gasteiger partial charge in [-0.3, -0.25) is 0 Å². The Labute approximate surface area is 59.6 Å². The van der Waals surface area contributed by atoms with E-state index >= 15 is 0 Å². The van der Waals surface area contributed by atoms with Gasteiger partial charge in [0.1, 0.15) is 0 Å². The van der Waals surface area contributed by atoms with E-state index < -0.39 is 12.0 Å². The molecule has 2 N–H and O–H groups in total. The van der Waals surface area contributed by atoms with Crippen molar-refractivity contribution in [3.8, 4) is 0 Å². The van der Waals surface area contributed by atoms with Crippen molar-refractivity contribution in [1.29, 1.82) is 0 Å². The maximum absolute atomic E-state index is 12.2. The molecule has 0 aromatic carbocycles. The molecule has 0 heterocycles. The van der Waals surface area contributed by atoms with Crippen molar-refractivity contribution in [2.75, 3.05) is 0 Å². The van der Waals surface area contributed by atoms with E-state index in [1.165, 1.54) is 6.92 Å². The van der Waals surface area contributed by atoms with Crippen LogP contribution in [0.25, 0.3) is 0 Å². The standard InChI is InChI=1S/C7H13F2N/c1-6(3-4-6)7(2,10)5(8)9/h5H,3-4,10H2,1-2H3. The fourth-order valence-electron chi connectivity index (χ4n) is 0.990. The van der Waals surface area contributed by atoms with Crippen molar-refractivity contribution in [2.24, 2.45) is 11.1 Å².